The number of esters is 1. The van der Waals surface area contributed by atoms with Gasteiger partial charge in [-0.1, -0.05) is 109 Å². The Morgan fingerprint density at radius 3 is 1.64 bits per heavy atom. The van der Waals surface area contributed by atoms with Crippen molar-refractivity contribution in [1.82, 2.24) is 25.8 Å². The van der Waals surface area contributed by atoms with E-state index in [2.05, 4.69) is 21.3 Å². The van der Waals surface area contributed by atoms with Crippen LogP contribution in [-0.4, -0.2) is 105 Å². The number of rotatable bonds is 21. The molecular formula is C61H80N6O10. The number of para-hydroxylation sites is 1. The van der Waals surface area contributed by atoms with Gasteiger partial charge in [0.05, 0.1) is 22.9 Å². The van der Waals surface area contributed by atoms with Crippen molar-refractivity contribution in [2.24, 2.45) is 4.99 Å². The second kappa shape index (κ2) is 26.6. The average Bonchev–Trinajstić information content (AvgIpc) is 3.71. The molecule has 0 spiro atoms. The van der Waals surface area contributed by atoms with Crippen molar-refractivity contribution in [3.05, 3.63) is 144 Å². The van der Waals surface area contributed by atoms with Crippen LogP contribution in [0.3, 0.4) is 0 Å². The largest absolute Gasteiger partial charge is 0.458 e. The molecule has 5 aromatic rings. The summed E-state index contributed by atoms with van der Waals surface area (Å²) in [5, 5.41) is 12.2. The van der Waals surface area contributed by atoms with Crippen molar-refractivity contribution in [3.8, 4) is 0 Å². The third kappa shape index (κ3) is 20.0. The highest BCUT2D eigenvalue weighted by Crippen LogP contribution is 2.26. The fourth-order valence-electron chi connectivity index (χ4n) is 8.40. The third-order valence-corrected chi connectivity index (χ3v) is 11.6. The first-order valence-corrected chi connectivity index (χ1v) is 26.4. The molecule has 1 heterocycles. The summed E-state index contributed by atoms with van der Waals surface area (Å²) in [6.45, 7) is 23.0. The molecule has 0 saturated carbocycles. The molecular weight excluding hydrogens is 977 g/mol. The summed E-state index contributed by atoms with van der Waals surface area (Å²) in [5.74, 6) is -2.77. The van der Waals surface area contributed by atoms with Crippen LogP contribution in [0, 0.1) is 0 Å². The highest BCUT2D eigenvalue weighted by Gasteiger charge is 2.37. The van der Waals surface area contributed by atoms with E-state index in [1.54, 1.807) is 87.6 Å². The maximum Gasteiger partial charge on any atom is 0.419 e. The van der Waals surface area contributed by atoms with E-state index >= 15 is 9.59 Å². The van der Waals surface area contributed by atoms with E-state index in [0.717, 1.165) is 16.7 Å². The molecule has 4 N–H and O–H groups in total. The number of nitrogens with one attached hydrogen (secondary N) is 4. The first-order chi connectivity index (χ1) is 36.1. The SMILES string of the molecule is C[C@@H](OC(C)(C)C)[C@H](NC(=O)[C@H](CCCCNC(=O)OC(C)(C)C)NC(=O)[C@H](Cc1cn(C(=O)OC(C)(C)C)c2ccccc12)NC(=O)[C@H](Cc1ccccc1)N=C(c1ccccc1)c1ccccc1)C(=O)OC(C)(C)C. The van der Waals surface area contributed by atoms with E-state index < -0.39 is 88.6 Å². The molecule has 0 radical (unpaired) electrons. The molecule has 0 saturated heterocycles. The van der Waals surface area contributed by atoms with E-state index in [1.807, 2.05) is 124 Å². The van der Waals surface area contributed by atoms with Gasteiger partial charge in [-0.25, -0.2) is 14.4 Å². The predicted molar refractivity (Wildman–Crippen MR) is 300 cm³/mol. The summed E-state index contributed by atoms with van der Waals surface area (Å²) in [4.78, 5) is 90.7. The van der Waals surface area contributed by atoms with Gasteiger partial charge in [-0.15, -0.1) is 0 Å². The quantitative estimate of drug-likeness (QED) is 0.0237. The Bertz CT molecular complexity index is 2760. The average molecular weight is 1060 g/mol. The summed E-state index contributed by atoms with van der Waals surface area (Å²) < 4.78 is 24.5. The zero-order chi connectivity index (χ0) is 56.7. The molecule has 0 unspecified atom stereocenters. The number of carbonyl (C=O) groups excluding carboxylic acids is 6. The third-order valence-electron chi connectivity index (χ3n) is 11.6. The van der Waals surface area contributed by atoms with Crippen LogP contribution in [0.1, 0.15) is 132 Å². The first-order valence-electron chi connectivity index (χ1n) is 26.4. The zero-order valence-corrected chi connectivity index (χ0v) is 47.2. The number of carbonyl (C=O) groups is 6. The van der Waals surface area contributed by atoms with Gasteiger partial charge in [0.25, 0.3) is 0 Å². The minimum absolute atomic E-state index is 0.0418. The second-order valence-corrected chi connectivity index (χ2v) is 23.1. The molecule has 16 nitrogen and oxygen atoms in total. The van der Waals surface area contributed by atoms with E-state index in [0.29, 0.717) is 35.0 Å². The number of alkyl carbamates (subject to hydrolysis) is 1. The Kier molecular flexibility index (Phi) is 20.9. The zero-order valence-electron chi connectivity index (χ0n) is 47.2. The van der Waals surface area contributed by atoms with E-state index in [9.17, 15) is 19.2 Å². The maximum absolute atomic E-state index is 15.3. The number of nitrogens with zero attached hydrogens (tertiary/aromatic N) is 2. The van der Waals surface area contributed by atoms with Crippen LogP contribution in [0.4, 0.5) is 9.59 Å². The number of fused-ring (bicyclic) bond motifs is 1. The number of aromatic nitrogens is 1. The van der Waals surface area contributed by atoms with Crippen LogP contribution < -0.4 is 21.3 Å². The van der Waals surface area contributed by atoms with Gasteiger partial charge >= 0.3 is 18.2 Å². The minimum Gasteiger partial charge on any atom is -0.458 e. The van der Waals surface area contributed by atoms with Gasteiger partial charge in [-0.3, -0.25) is 23.9 Å². The Morgan fingerprint density at radius 1 is 0.558 bits per heavy atom. The number of aliphatic imine (C=N–C) groups is 1. The molecule has 5 atom stereocenters. The van der Waals surface area contributed by atoms with Crippen molar-refractivity contribution in [2.75, 3.05) is 6.54 Å². The molecule has 0 aliphatic carbocycles. The summed E-state index contributed by atoms with van der Waals surface area (Å²) in [6, 6.07) is 30.6. The fourth-order valence-corrected chi connectivity index (χ4v) is 8.40. The van der Waals surface area contributed by atoms with Gasteiger partial charge < -0.3 is 40.2 Å². The van der Waals surface area contributed by atoms with Gasteiger partial charge in [0.2, 0.25) is 17.7 Å². The Labute approximate surface area is 454 Å². The van der Waals surface area contributed by atoms with Crippen molar-refractivity contribution >= 4 is 52.5 Å². The molecule has 0 fully saturated rings. The van der Waals surface area contributed by atoms with Crippen molar-refractivity contribution in [1.29, 1.82) is 0 Å². The molecule has 77 heavy (non-hydrogen) atoms. The van der Waals surface area contributed by atoms with Gasteiger partial charge in [0.1, 0.15) is 34.9 Å². The lowest BCUT2D eigenvalue weighted by Crippen LogP contribution is -2.59. The van der Waals surface area contributed by atoms with Gasteiger partial charge in [0, 0.05) is 42.1 Å². The maximum atomic E-state index is 15.3. The lowest BCUT2D eigenvalue weighted by atomic mass is 9.99. The van der Waals surface area contributed by atoms with Crippen molar-refractivity contribution in [3.63, 3.8) is 0 Å². The molecule has 0 aliphatic rings. The molecule has 1 aromatic heterocycles. The van der Waals surface area contributed by atoms with Gasteiger partial charge in [0.15, 0.2) is 6.04 Å². The van der Waals surface area contributed by atoms with E-state index in [4.69, 9.17) is 23.9 Å². The number of ether oxygens (including phenoxy) is 4. The lowest BCUT2D eigenvalue weighted by molar-refractivity contribution is -0.166. The van der Waals surface area contributed by atoms with Crippen LogP contribution in [0.5, 0.6) is 0 Å². The Balaban J connectivity index is 1.60. The van der Waals surface area contributed by atoms with Gasteiger partial charge in [-0.05, 0) is 126 Å². The Morgan fingerprint density at radius 2 is 1.08 bits per heavy atom. The number of benzene rings is 4. The number of unbranched alkanes of at least 4 members (excludes halogenated alkanes) is 1. The molecule has 0 aliphatic heterocycles. The fraction of sp³-hybridized carbons (Fsp3) is 0.459. The highest BCUT2D eigenvalue weighted by atomic mass is 16.6. The summed E-state index contributed by atoms with van der Waals surface area (Å²) in [7, 11) is 0. The summed E-state index contributed by atoms with van der Waals surface area (Å²) >= 11 is 0. The monoisotopic (exact) mass is 1060 g/mol. The topological polar surface area (TPSA) is 205 Å². The molecule has 414 valence electrons. The number of amides is 4. The van der Waals surface area contributed by atoms with Crippen LogP contribution in [0.15, 0.2) is 126 Å². The molecule has 16 heteroatoms. The van der Waals surface area contributed by atoms with E-state index in [1.165, 1.54) is 4.57 Å². The summed E-state index contributed by atoms with van der Waals surface area (Å²) in [5.41, 5.74) is 0.789. The molecule has 0 bridgehead atoms. The smallest absolute Gasteiger partial charge is 0.419 e. The van der Waals surface area contributed by atoms with E-state index in [-0.39, 0.29) is 25.8 Å². The highest BCUT2D eigenvalue weighted by molar-refractivity contribution is 6.13. The molecule has 5 rings (SSSR count). The second-order valence-electron chi connectivity index (χ2n) is 23.1. The summed E-state index contributed by atoms with van der Waals surface area (Å²) in [6.07, 6.45) is 0.222. The minimum atomic E-state index is -1.38. The van der Waals surface area contributed by atoms with Crippen LogP contribution >= 0.6 is 0 Å². The normalized spacial score (nSPS) is 13.9. The Hall–Kier alpha value is -7.33. The van der Waals surface area contributed by atoms with Gasteiger partial charge in [-0.2, -0.15) is 0 Å². The number of hydrogen-bond donors (Lipinski definition) is 4. The molecule has 4 amide bonds. The van der Waals surface area contributed by atoms with Crippen LogP contribution in [-0.2, 0) is 51.0 Å². The standard InChI is InChI=1S/C61H80N6O10/c1-40(74-58(2,3)4)50(55(71)75-59(5,6)7)66-52(68)46(34-25-26-36-62-56(72)76-60(8,9)10)64-54(70)48(38-44-39-67(57(73)77-61(11,12)13)49-35-24-23-33-45(44)49)65-53(69)47(37-41-27-17-14-18-28-41)63-51(42-29-19-15-20-30-42)43-31-21-16-22-32-43/h14-24,27-33,35,39-40,46-48,50H,25-26,34,36-38H2,1-13H3,(H,62,72)(H,64,70)(H,65,69)(H,66,68)/t40-,46+,47+,48+,50+/m1/s1. The predicted octanol–water partition coefficient (Wildman–Crippen LogP) is 9.81. The van der Waals surface area contributed by atoms with Crippen LogP contribution in [0.25, 0.3) is 10.9 Å². The first kappa shape index (κ1) is 60.5. The van der Waals surface area contributed by atoms with Crippen molar-refractivity contribution in [2.45, 2.75) is 175 Å². The van der Waals surface area contributed by atoms with Crippen molar-refractivity contribution < 1.29 is 47.7 Å². The van der Waals surface area contributed by atoms with Crippen LogP contribution in [0.2, 0.25) is 0 Å². The number of hydrogen-bond acceptors (Lipinski definition) is 11. The lowest BCUT2D eigenvalue weighted by Gasteiger charge is -2.33. The molecule has 4 aromatic carbocycles.